The first-order chi connectivity index (χ1) is 8.29. The topological polar surface area (TPSA) is 55.1 Å². The van der Waals surface area contributed by atoms with Gasteiger partial charge in [-0.2, -0.15) is 0 Å². The molecule has 0 aromatic rings. The molecule has 3 nitrogen and oxygen atoms in total. The third-order valence-electron chi connectivity index (χ3n) is 4.17. The van der Waals surface area contributed by atoms with Crippen LogP contribution in [-0.4, -0.2) is 18.5 Å². The van der Waals surface area contributed by atoms with Crippen molar-refractivity contribution in [1.29, 1.82) is 0 Å². The van der Waals surface area contributed by atoms with E-state index in [1.165, 1.54) is 25.7 Å². The molecular formula is C15H31ClN2O. The predicted octanol–water partition coefficient (Wildman–Crippen LogP) is 3.11. The number of halogens is 1. The quantitative estimate of drug-likeness (QED) is 0.836. The molecule has 1 fully saturated rings. The van der Waals surface area contributed by atoms with Gasteiger partial charge in [0.15, 0.2) is 0 Å². The summed E-state index contributed by atoms with van der Waals surface area (Å²) >= 11 is 0. The van der Waals surface area contributed by atoms with E-state index in [2.05, 4.69) is 26.1 Å². The van der Waals surface area contributed by atoms with Gasteiger partial charge in [0, 0.05) is 19.0 Å². The molecule has 0 radical (unpaired) electrons. The molecule has 1 rings (SSSR count). The molecule has 0 saturated heterocycles. The fourth-order valence-corrected chi connectivity index (χ4v) is 2.86. The zero-order valence-electron chi connectivity index (χ0n) is 12.9. The molecule has 1 atom stereocenters. The smallest absolute Gasteiger partial charge is 0.221 e. The molecule has 0 heterocycles. The van der Waals surface area contributed by atoms with Crippen molar-refractivity contribution in [2.24, 2.45) is 23.0 Å². The van der Waals surface area contributed by atoms with Crippen LogP contribution < -0.4 is 11.1 Å². The lowest BCUT2D eigenvalue weighted by Gasteiger charge is -2.37. The summed E-state index contributed by atoms with van der Waals surface area (Å²) in [6.07, 6.45) is 5.55. The predicted molar refractivity (Wildman–Crippen MR) is 83.4 cm³/mol. The lowest BCUT2D eigenvalue weighted by molar-refractivity contribution is -0.121. The largest absolute Gasteiger partial charge is 0.356 e. The minimum Gasteiger partial charge on any atom is -0.356 e. The first-order valence-electron chi connectivity index (χ1n) is 7.31. The Balaban J connectivity index is 0.00000324. The van der Waals surface area contributed by atoms with Gasteiger partial charge >= 0.3 is 0 Å². The number of hydrogen-bond acceptors (Lipinski definition) is 2. The summed E-state index contributed by atoms with van der Waals surface area (Å²) in [5.41, 5.74) is 6.04. The van der Waals surface area contributed by atoms with E-state index in [9.17, 15) is 4.79 Å². The van der Waals surface area contributed by atoms with Gasteiger partial charge in [-0.25, -0.2) is 0 Å². The minimum atomic E-state index is -0.0402. The maximum atomic E-state index is 11.5. The van der Waals surface area contributed by atoms with Crippen LogP contribution in [0.25, 0.3) is 0 Å². The van der Waals surface area contributed by atoms with Crippen molar-refractivity contribution in [2.75, 3.05) is 6.54 Å². The molecule has 1 aliphatic carbocycles. The summed E-state index contributed by atoms with van der Waals surface area (Å²) in [5, 5.41) is 3.02. The van der Waals surface area contributed by atoms with Crippen molar-refractivity contribution in [3.05, 3.63) is 0 Å². The second kappa shape index (κ2) is 8.11. The molecule has 4 heteroatoms. The van der Waals surface area contributed by atoms with Crippen LogP contribution in [0.3, 0.4) is 0 Å². The van der Waals surface area contributed by atoms with Gasteiger partial charge in [0.05, 0.1) is 0 Å². The molecule has 0 bridgehead atoms. The standard InChI is InChI=1S/C15H30N2O.ClH/c1-11(16)9-14(18)17-10-12-5-7-13(8-6-12)15(2,3)4;/h11-13H,5-10,16H2,1-4H3,(H,17,18);1H. The van der Waals surface area contributed by atoms with Gasteiger partial charge < -0.3 is 11.1 Å². The van der Waals surface area contributed by atoms with Gasteiger partial charge in [0.25, 0.3) is 0 Å². The fraction of sp³-hybridized carbons (Fsp3) is 0.933. The Kier molecular flexibility index (Phi) is 7.99. The third-order valence-corrected chi connectivity index (χ3v) is 4.17. The molecule has 0 aromatic heterocycles. The third kappa shape index (κ3) is 7.17. The first kappa shape index (κ1) is 18.7. The van der Waals surface area contributed by atoms with Crippen molar-refractivity contribution in [1.82, 2.24) is 5.32 Å². The van der Waals surface area contributed by atoms with Gasteiger partial charge in [0.2, 0.25) is 5.91 Å². The summed E-state index contributed by atoms with van der Waals surface area (Å²) in [6, 6.07) is -0.0402. The second-order valence-electron chi connectivity index (χ2n) is 7.07. The number of nitrogens with two attached hydrogens (primary N) is 1. The zero-order chi connectivity index (χ0) is 13.8. The Morgan fingerprint density at radius 2 is 1.79 bits per heavy atom. The maximum absolute atomic E-state index is 11.5. The Morgan fingerprint density at radius 1 is 1.26 bits per heavy atom. The highest BCUT2D eigenvalue weighted by Crippen LogP contribution is 2.39. The minimum absolute atomic E-state index is 0. The highest BCUT2D eigenvalue weighted by molar-refractivity contribution is 5.85. The van der Waals surface area contributed by atoms with Crippen LogP contribution in [-0.2, 0) is 4.79 Å². The first-order valence-corrected chi connectivity index (χ1v) is 7.31. The van der Waals surface area contributed by atoms with Gasteiger partial charge in [-0.15, -0.1) is 12.4 Å². The number of nitrogens with one attached hydrogen (secondary N) is 1. The van der Waals surface area contributed by atoms with Crippen molar-refractivity contribution >= 4 is 18.3 Å². The van der Waals surface area contributed by atoms with Crippen molar-refractivity contribution in [2.45, 2.75) is 65.8 Å². The number of rotatable bonds is 4. The van der Waals surface area contributed by atoms with Crippen LogP contribution >= 0.6 is 12.4 Å². The van der Waals surface area contributed by atoms with E-state index >= 15 is 0 Å². The summed E-state index contributed by atoms with van der Waals surface area (Å²) in [6.45, 7) is 9.71. The molecule has 1 amide bonds. The molecule has 0 aliphatic heterocycles. The molecule has 1 saturated carbocycles. The highest BCUT2D eigenvalue weighted by Gasteiger charge is 2.29. The Bertz CT molecular complexity index is 266. The number of amides is 1. The van der Waals surface area contributed by atoms with Crippen molar-refractivity contribution in [3.63, 3.8) is 0 Å². The van der Waals surface area contributed by atoms with Gasteiger partial charge in [-0.3, -0.25) is 4.79 Å². The fourth-order valence-electron chi connectivity index (χ4n) is 2.86. The van der Waals surface area contributed by atoms with E-state index in [-0.39, 0.29) is 24.4 Å². The Labute approximate surface area is 124 Å². The summed E-state index contributed by atoms with van der Waals surface area (Å²) in [5.74, 6) is 1.61. The average Bonchev–Trinajstić information content (AvgIpc) is 2.25. The Hall–Kier alpha value is -0.280. The van der Waals surface area contributed by atoms with E-state index in [1.807, 2.05) is 6.92 Å². The lowest BCUT2D eigenvalue weighted by atomic mass is 9.70. The van der Waals surface area contributed by atoms with Crippen LogP contribution in [0, 0.1) is 17.3 Å². The molecule has 19 heavy (non-hydrogen) atoms. The molecule has 3 N–H and O–H groups in total. The number of hydrogen-bond donors (Lipinski definition) is 2. The van der Waals surface area contributed by atoms with Crippen LogP contribution in [0.4, 0.5) is 0 Å². The molecule has 114 valence electrons. The number of carbonyl (C=O) groups excluding carboxylic acids is 1. The average molecular weight is 291 g/mol. The van der Waals surface area contributed by atoms with E-state index in [0.29, 0.717) is 17.8 Å². The molecule has 1 unspecified atom stereocenters. The van der Waals surface area contributed by atoms with Crippen LogP contribution in [0.1, 0.15) is 59.8 Å². The van der Waals surface area contributed by atoms with Gasteiger partial charge in [-0.05, 0) is 49.9 Å². The normalized spacial score (nSPS) is 25.3. The zero-order valence-corrected chi connectivity index (χ0v) is 13.7. The van der Waals surface area contributed by atoms with Gasteiger partial charge in [-0.1, -0.05) is 20.8 Å². The number of carbonyl (C=O) groups is 1. The van der Waals surface area contributed by atoms with Crippen molar-refractivity contribution < 1.29 is 4.79 Å². The van der Waals surface area contributed by atoms with E-state index in [4.69, 9.17) is 5.73 Å². The summed E-state index contributed by atoms with van der Waals surface area (Å²) in [7, 11) is 0. The summed E-state index contributed by atoms with van der Waals surface area (Å²) in [4.78, 5) is 11.5. The molecule has 0 spiro atoms. The SMILES string of the molecule is CC(N)CC(=O)NCC1CCC(C(C)(C)C)CC1.Cl. The maximum Gasteiger partial charge on any atom is 0.221 e. The van der Waals surface area contributed by atoms with E-state index < -0.39 is 0 Å². The Morgan fingerprint density at radius 3 is 2.21 bits per heavy atom. The van der Waals surface area contributed by atoms with Crippen LogP contribution in [0.2, 0.25) is 0 Å². The van der Waals surface area contributed by atoms with Crippen molar-refractivity contribution in [3.8, 4) is 0 Å². The van der Waals surface area contributed by atoms with Crippen LogP contribution in [0.15, 0.2) is 0 Å². The van der Waals surface area contributed by atoms with Gasteiger partial charge in [0.1, 0.15) is 0 Å². The molecule has 1 aliphatic rings. The molecule has 0 aromatic carbocycles. The summed E-state index contributed by atoms with van der Waals surface area (Å²) < 4.78 is 0. The monoisotopic (exact) mass is 290 g/mol. The lowest BCUT2D eigenvalue weighted by Crippen LogP contribution is -2.35. The van der Waals surface area contributed by atoms with E-state index in [1.54, 1.807) is 0 Å². The molecular weight excluding hydrogens is 260 g/mol. The highest BCUT2D eigenvalue weighted by atomic mass is 35.5. The second-order valence-corrected chi connectivity index (χ2v) is 7.07. The van der Waals surface area contributed by atoms with E-state index in [0.717, 1.165) is 12.5 Å². The van der Waals surface area contributed by atoms with Crippen LogP contribution in [0.5, 0.6) is 0 Å².